The van der Waals surface area contributed by atoms with Crippen molar-refractivity contribution in [2.75, 3.05) is 48.1 Å². The Morgan fingerprint density at radius 2 is 1.65 bits per heavy atom. The van der Waals surface area contributed by atoms with Crippen molar-refractivity contribution in [1.82, 2.24) is 4.90 Å². The fourth-order valence-electron chi connectivity index (χ4n) is 11.0. The SMILES string of the molecule is CCN1C[C@]2(CO)CCC(OC)C34C1[C@@](O)([C@@H](OC)[C@@H]32)[C@@]1(O)C[C@H](OC)[C@H]2C[C@]4(O)[C@@H]1[C@H]2OC. The van der Waals surface area contributed by atoms with Crippen LogP contribution in [0.25, 0.3) is 0 Å². The molecule has 5 saturated carbocycles. The Balaban J connectivity index is 1.73. The van der Waals surface area contributed by atoms with Crippen LogP contribution in [0.3, 0.4) is 0 Å². The standard InChI is InChI=1S/C25H41NO8/c1-6-26-11-21(12-27)8-7-15(32-3)24-18(21)19(34-5)25(30,20(24)26)23(29)10-14(31-2)13-9-22(24,28)17(23)16(13)33-4/h13-20,27-30H,6-12H2,1-5H3/t13-,14+,15?,16+,17+,18-,19+,20?,21+,22+,23-,24?,25+/m1/s1. The lowest BCUT2D eigenvalue weighted by molar-refractivity contribution is -0.357. The first-order valence-corrected chi connectivity index (χ1v) is 12.8. The molecule has 0 aromatic heterocycles. The minimum absolute atomic E-state index is 0.0774. The van der Waals surface area contributed by atoms with E-state index in [9.17, 15) is 20.4 Å². The number of methoxy groups -OCH3 is 4. The second-order valence-corrected chi connectivity index (χ2v) is 12.0. The average Bonchev–Trinajstić information content (AvgIpc) is 3.20. The quantitative estimate of drug-likeness (QED) is 0.392. The van der Waals surface area contributed by atoms with Crippen molar-refractivity contribution in [3.8, 4) is 0 Å². The van der Waals surface area contributed by atoms with Crippen molar-refractivity contribution < 1.29 is 39.4 Å². The summed E-state index contributed by atoms with van der Waals surface area (Å²) in [6.07, 6.45) is -0.0670. The topological polar surface area (TPSA) is 121 Å². The third kappa shape index (κ3) is 2.08. The molecule has 1 saturated heterocycles. The molecule has 6 fully saturated rings. The van der Waals surface area contributed by atoms with E-state index in [4.69, 9.17) is 18.9 Å². The van der Waals surface area contributed by atoms with E-state index in [1.807, 2.05) is 6.92 Å². The van der Waals surface area contributed by atoms with Gasteiger partial charge in [-0.1, -0.05) is 6.92 Å². The molecule has 0 radical (unpaired) electrons. The zero-order valence-electron chi connectivity index (χ0n) is 20.9. The summed E-state index contributed by atoms with van der Waals surface area (Å²) >= 11 is 0. The van der Waals surface area contributed by atoms with Crippen LogP contribution in [0.15, 0.2) is 0 Å². The van der Waals surface area contributed by atoms with Gasteiger partial charge in [0.05, 0.1) is 48.1 Å². The highest BCUT2D eigenvalue weighted by atomic mass is 16.5. The molecule has 5 aliphatic carbocycles. The number of aliphatic hydroxyl groups is 4. The first-order chi connectivity index (χ1) is 16.2. The van der Waals surface area contributed by atoms with E-state index in [2.05, 4.69) is 4.90 Å². The zero-order chi connectivity index (χ0) is 24.5. The van der Waals surface area contributed by atoms with Gasteiger partial charge in [-0.2, -0.15) is 0 Å². The van der Waals surface area contributed by atoms with E-state index in [1.54, 1.807) is 28.4 Å². The first-order valence-electron chi connectivity index (χ1n) is 12.8. The predicted molar refractivity (Wildman–Crippen MR) is 120 cm³/mol. The lowest BCUT2D eigenvalue weighted by Crippen LogP contribution is -2.86. The fourth-order valence-corrected chi connectivity index (χ4v) is 11.0. The molecular weight excluding hydrogens is 442 g/mol. The molecule has 1 spiro atoms. The normalized spacial score (nSPS) is 61.7. The maximum absolute atomic E-state index is 13.1. The minimum atomic E-state index is -1.71. The number of rotatable bonds is 6. The average molecular weight is 484 g/mol. The van der Waals surface area contributed by atoms with E-state index in [1.165, 1.54) is 0 Å². The molecule has 1 aliphatic heterocycles. The number of ether oxygens (including phenoxy) is 4. The Labute approximate surface area is 201 Å². The van der Waals surface area contributed by atoms with Gasteiger partial charge in [-0.3, -0.25) is 4.90 Å². The number of piperidine rings is 1. The summed E-state index contributed by atoms with van der Waals surface area (Å²) in [5, 5.41) is 49.7. The first kappa shape index (κ1) is 24.0. The lowest BCUT2D eigenvalue weighted by Gasteiger charge is -2.72. The van der Waals surface area contributed by atoms with Gasteiger partial charge in [-0.15, -0.1) is 0 Å². The lowest BCUT2D eigenvalue weighted by atomic mass is 9.41. The molecule has 4 N–H and O–H groups in total. The van der Waals surface area contributed by atoms with Gasteiger partial charge in [-0.25, -0.2) is 0 Å². The number of hydrogen-bond donors (Lipinski definition) is 4. The van der Waals surface area contributed by atoms with Crippen molar-refractivity contribution >= 4 is 0 Å². The molecular formula is C25H41NO8. The molecule has 9 heteroatoms. The number of likely N-dealkylation sites (tertiary alicyclic amines) is 1. The summed E-state index contributed by atoms with van der Waals surface area (Å²) < 4.78 is 24.2. The van der Waals surface area contributed by atoms with E-state index in [0.29, 0.717) is 32.4 Å². The van der Waals surface area contributed by atoms with E-state index >= 15 is 0 Å². The summed E-state index contributed by atoms with van der Waals surface area (Å²) in [6, 6.07) is -0.594. The van der Waals surface area contributed by atoms with Gasteiger partial charge in [0.15, 0.2) is 0 Å². The zero-order valence-corrected chi connectivity index (χ0v) is 20.9. The van der Waals surface area contributed by atoms with Crippen LogP contribution in [0, 0.1) is 28.6 Å². The molecule has 6 rings (SSSR count). The molecule has 3 unspecified atom stereocenters. The van der Waals surface area contributed by atoms with Crippen LogP contribution < -0.4 is 0 Å². The molecule has 0 aromatic carbocycles. The van der Waals surface area contributed by atoms with E-state index in [0.717, 1.165) is 0 Å². The van der Waals surface area contributed by atoms with Crippen LogP contribution in [0.4, 0.5) is 0 Å². The Kier molecular flexibility index (Phi) is 5.04. The van der Waals surface area contributed by atoms with Crippen LogP contribution in [0.1, 0.15) is 32.6 Å². The summed E-state index contributed by atoms with van der Waals surface area (Å²) in [4.78, 5) is 2.18. The molecule has 6 aliphatic rings. The van der Waals surface area contributed by atoms with Gasteiger partial charge >= 0.3 is 0 Å². The number of likely N-dealkylation sites (N-methyl/N-ethyl adjacent to an activating group) is 1. The van der Waals surface area contributed by atoms with Crippen molar-refractivity contribution in [1.29, 1.82) is 0 Å². The fraction of sp³-hybridized carbons (Fsp3) is 1.00. The maximum Gasteiger partial charge on any atom is 0.136 e. The molecule has 7 bridgehead atoms. The Bertz CT molecular complexity index is 861. The molecule has 1 heterocycles. The molecule has 34 heavy (non-hydrogen) atoms. The van der Waals surface area contributed by atoms with Crippen LogP contribution in [-0.2, 0) is 18.9 Å². The number of aliphatic hydroxyl groups excluding tert-OH is 1. The monoisotopic (exact) mass is 483 g/mol. The van der Waals surface area contributed by atoms with Crippen molar-refractivity contribution in [2.24, 2.45) is 28.6 Å². The van der Waals surface area contributed by atoms with Gasteiger partial charge in [0.1, 0.15) is 11.2 Å². The van der Waals surface area contributed by atoms with Crippen LogP contribution in [-0.4, -0.2) is 121 Å². The Hall–Kier alpha value is -0.360. The number of hydrogen-bond acceptors (Lipinski definition) is 9. The summed E-state index contributed by atoms with van der Waals surface area (Å²) in [6.45, 7) is 3.15. The van der Waals surface area contributed by atoms with Gasteiger partial charge in [-0.05, 0) is 25.8 Å². The van der Waals surface area contributed by atoms with Crippen LogP contribution in [0.5, 0.6) is 0 Å². The number of fused-ring (bicyclic) bond motifs is 2. The third-order valence-corrected chi connectivity index (χ3v) is 11.7. The van der Waals surface area contributed by atoms with E-state index in [-0.39, 0.29) is 37.1 Å². The minimum Gasteiger partial charge on any atom is -0.396 e. The summed E-state index contributed by atoms with van der Waals surface area (Å²) in [5.74, 6) is -1.24. The maximum atomic E-state index is 13.1. The van der Waals surface area contributed by atoms with Crippen molar-refractivity contribution in [3.63, 3.8) is 0 Å². The largest absolute Gasteiger partial charge is 0.396 e. The molecule has 194 valence electrons. The molecule has 0 aromatic rings. The second kappa shape index (κ2) is 7.14. The summed E-state index contributed by atoms with van der Waals surface area (Å²) in [5.41, 5.74) is -6.34. The van der Waals surface area contributed by atoms with Crippen LogP contribution >= 0.6 is 0 Å². The summed E-state index contributed by atoms with van der Waals surface area (Å²) in [7, 11) is 6.48. The van der Waals surface area contributed by atoms with Gasteiger partial charge in [0.2, 0.25) is 0 Å². The Morgan fingerprint density at radius 1 is 0.912 bits per heavy atom. The molecule has 0 amide bonds. The second-order valence-electron chi connectivity index (χ2n) is 12.0. The highest BCUT2D eigenvalue weighted by molar-refractivity contribution is 5.45. The van der Waals surface area contributed by atoms with Gasteiger partial charge in [0, 0.05) is 64.6 Å². The highest BCUT2D eigenvalue weighted by Crippen LogP contribution is 2.81. The van der Waals surface area contributed by atoms with Gasteiger partial charge < -0.3 is 39.4 Å². The molecule has 9 nitrogen and oxygen atoms in total. The smallest absolute Gasteiger partial charge is 0.136 e. The Morgan fingerprint density at radius 3 is 2.21 bits per heavy atom. The van der Waals surface area contributed by atoms with Crippen molar-refractivity contribution in [2.45, 2.75) is 79.9 Å². The third-order valence-electron chi connectivity index (χ3n) is 11.7. The number of nitrogens with zero attached hydrogens (tertiary/aromatic N) is 1. The van der Waals surface area contributed by atoms with Crippen molar-refractivity contribution in [3.05, 3.63) is 0 Å². The highest BCUT2D eigenvalue weighted by Gasteiger charge is 2.95. The van der Waals surface area contributed by atoms with Gasteiger partial charge in [0.25, 0.3) is 0 Å². The van der Waals surface area contributed by atoms with E-state index < -0.39 is 51.8 Å². The predicted octanol–water partition coefficient (Wildman–Crippen LogP) is -0.614. The van der Waals surface area contributed by atoms with Crippen LogP contribution in [0.2, 0.25) is 0 Å². The molecule has 13 atom stereocenters.